The van der Waals surface area contributed by atoms with Gasteiger partial charge in [0.15, 0.2) is 0 Å². The number of aromatic nitrogens is 3. The van der Waals surface area contributed by atoms with E-state index < -0.39 is 7.12 Å². The largest absolute Gasteiger partial charge is 0.516 e. The second-order valence-electron chi connectivity index (χ2n) is 6.16. The maximum absolute atomic E-state index is 5.96. The molecule has 5 nitrogen and oxygen atoms in total. The van der Waals surface area contributed by atoms with Crippen LogP contribution in [0.15, 0.2) is 36.9 Å². The van der Waals surface area contributed by atoms with Crippen molar-refractivity contribution in [2.45, 2.75) is 38.9 Å². The van der Waals surface area contributed by atoms with Crippen LogP contribution in [0.3, 0.4) is 0 Å². The van der Waals surface area contributed by atoms with E-state index in [4.69, 9.17) is 9.31 Å². The van der Waals surface area contributed by atoms with Gasteiger partial charge in [-0.3, -0.25) is 15.0 Å². The second kappa shape index (κ2) is 4.89. The number of nitrogens with zero attached hydrogens (tertiary/aromatic N) is 3. The van der Waals surface area contributed by atoms with Gasteiger partial charge in [-0.15, -0.1) is 0 Å². The van der Waals surface area contributed by atoms with Gasteiger partial charge in [0.25, 0.3) is 0 Å². The summed E-state index contributed by atoms with van der Waals surface area (Å²) < 4.78 is 11.9. The highest BCUT2D eigenvalue weighted by Crippen LogP contribution is 2.36. The summed E-state index contributed by atoms with van der Waals surface area (Å²) in [5.74, 6) is 0. The highest BCUT2D eigenvalue weighted by molar-refractivity contribution is 6.61. The van der Waals surface area contributed by atoms with Crippen molar-refractivity contribution in [3.63, 3.8) is 0 Å². The lowest BCUT2D eigenvalue weighted by Gasteiger charge is -2.32. The van der Waals surface area contributed by atoms with Crippen molar-refractivity contribution in [2.24, 2.45) is 0 Å². The Morgan fingerprint density at radius 3 is 2.19 bits per heavy atom. The fourth-order valence-corrected chi connectivity index (χ4v) is 2.09. The summed E-state index contributed by atoms with van der Waals surface area (Å²) in [7, 11) is -0.481. The molecule has 0 radical (unpaired) electrons. The van der Waals surface area contributed by atoms with Gasteiger partial charge in [-0.1, -0.05) is 0 Å². The van der Waals surface area contributed by atoms with Crippen LogP contribution in [-0.4, -0.2) is 33.3 Å². The predicted octanol–water partition coefficient (Wildman–Crippen LogP) is 1.84. The molecular formula is C15H18BN3O2. The van der Waals surface area contributed by atoms with Crippen molar-refractivity contribution >= 4 is 12.7 Å². The van der Waals surface area contributed by atoms with E-state index in [0.29, 0.717) is 5.59 Å². The van der Waals surface area contributed by atoms with Crippen LogP contribution < -0.4 is 5.59 Å². The molecule has 0 N–H and O–H groups in total. The van der Waals surface area contributed by atoms with E-state index in [-0.39, 0.29) is 11.2 Å². The van der Waals surface area contributed by atoms with Gasteiger partial charge >= 0.3 is 7.12 Å². The standard InChI is InChI=1S/C15H18BN3O2/c1-14(2)15(3,4)21-16(20-14)13-10-18-12(9-19-13)11-6-5-7-17-8-11/h5-10H,1-4H3. The van der Waals surface area contributed by atoms with Crippen LogP contribution in [0.1, 0.15) is 27.7 Å². The van der Waals surface area contributed by atoms with Gasteiger partial charge in [0.1, 0.15) is 0 Å². The number of hydrogen-bond donors (Lipinski definition) is 0. The summed E-state index contributed by atoms with van der Waals surface area (Å²) in [6.07, 6.45) is 6.91. The Kier molecular flexibility index (Phi) is 3.30. The van der Waals surface area contributed by atoms with Crippen molar-refractivity contribution < 1.29 is 9.31 Å². The Labute approximate surface area is 124 Å². The quantitative estimate of drug-likeness (QED) is 0.787. The summed E-state index contributed by atoms with van der Waals surface area (Å²) in [4.78, 5) is 12.9. The van der Waals surface area contributed by atoms with E-state index in [1.165, 1.54) is 0 Å². The van der Waals surface area contributed by atoms with Crippen LogP contribution in [0, 0.1) is 0 Å². The van der Waals surface area contributed by atoms with Crippen LogP contribution in [0.2, 0.25) is 0 Å². The van der Waals surface area contributed by atoms with E-state index in [0.717, 1.165) is 11.3 Å². The van der Waals surface area contributed by atoms with Gasteiger partial charge in [-0.25, -0.2) is 0 Å². The van der Waals surface area contributed by atoms with Crippen LogP contribution in [0.25, 0.3) is 11.3 Å². The fourth-order valence-electron chi connectivity index (χ4n) is 2.09. The first-order chi connectivity index (χ1) is 9.89. The van der Waals surface area contributed by atoms with E-state index in [2.05, 4.69) is 15.0 Å². The zero-order valence-corrected chi connectivity index (χ0v) is 12.7. The molecule has 0 aromatic carbocycles. The molecule has 3 heterocycles. The van der Waals surface area contributed by atoms with Crippen molar-refractivity contribution in [1.82, 2.24) is 15.0 Å². The van der Waals surface area contributed by atoms with Gasteiger partial charge < -0.3 is 9.31 Å². The lowest BCUT2D eigenvalue weighted by atomic mass is 9.85. The van der Waals surface area contributed by atoms with E-state index >= 15 is 0 Å². The first-order valence-corrected chi connectivity index (χ1v) is 6.97. The molecule has 3 rings (SSSR count). The molecule has 0 atom stereocenters. The second-order valence-corrected chi connectivity index (χ2v) is 6.16. The highest BCUT2D eigenvalue weighted by atomic mass is 16.7. The molecule has 21 heavy (non-hydrogen) atoms. The molecule has 2 aromatic heterocycles. The molecule has 1 aliphatic heterocycles. The number of pyridine rings is 1. The smallest absolute Gasteiger partial charge is 0.398 e. The monoisotopic (exact) mass is 283 g/mol. The normalized spacial score (nSPS) is 19.7. The van der Waals surface area contributed by atoms with E-state index in [1.807, 2.05) is 39.8 Å². The maximum atomic E-state index is 5.96. The molecule has 0 spiro atoms. The van der Waals surface area contributed by atoms with Gasteiger partial charge in [-0.05, 0) is 39.8 Å². The Balaban J connectivity index is 1.83. The Morgan fingerprint density at radius 1 is 0.952 bits per heavy atom. The predicted molar refractivity (Wildman–Crippen MR) is 81.0 cm³/mol. The summed E-state index contributed by atoms with van der Waals surface area (Å²) in [6.45, 7) is 8.07. The van der Waals surface area contributed by atoms with Crippen LogP contribution in [-0.2, 0) is 9.31 Å². The molecule has 6 heteroatoms. The molecule has 1 saturated heterocycles. The third-order valence-corrected chi connectivity index (χ3v) is 4.12. The molecule has 0 amide bonds. The Hall–Kier alpha value is -1.79. The summed E-state index contributed by atoms with van der Waals surface area (Å²) in [5.41, 5.74) is 1.65. The molecule has 0 unspecified atom stereocenters. The Bertz CT molecular complexity index is 613. The fraction of sp³-hybridized carbons (Fsp3) is 0.400. The minimum atomic E-state index is -0.481. The van der Waals surface area contributed by atoms with Gasteiger partial charge in [0, 0.05) is 24.2 Å². The molecule has 2 aromatic rings. The topological polar surface area (TPSA) is 57.1 Å². The SMILES string of the molecule is CC1(C)OB(c2cnc(-c3cccnc3)cn2)OC1(C)C. The first-order valence-electron chi connectivity index (χ1n) is 6.97. The molecule has 0 bridgehead atoms. The summed E-state index contributed by atoms with van der Waals surface area (Å²) in [6, 6.07) is 3.82. The minimum absolute atomic E-state index is 0.374. The molecular weight excluding hydrogens is 265 g/mol. The number of hydrogen-bond acceptors (Lipinski definition) is 5. The molecule has 1 fully saturated rings. The number of rotatable bonds is 2. The molecule has 0 saturated carbocycles. The van der Waals surface area contributed by atoms with Crippen LogP contribution in [0.5, 0.6) is 0 Å². The molecule has 0 aliphatic carbocycles. The third kappa shape index (κ3) is 2.56. The van der Waals surface area contributed by atoms with Crippen molar-refractivity contribution in [2.75, 3.05) is 0 Å². The lowest BCUT2D eigenvalue weighted by molar-refractivity contribution is 0.00578. The van der Waals surface area contributed by atoms with Crippen LogP contribution in [0.4, 0.5) is 0 Å². The first kappa shape index (κ1) is 14.2. The van der Waals surface area contributed by atoms with Gasteiger partial charge in [0.2, 0.25) is 0 Å². The zero-order valence-electron chi connectivity index (χ0n) is 12.7. The van der Waals surface area contributed by atoms with E-state index in [9.17, 15) is 0 Å². The summed E-state index contributed by atoms with van der Waals surface area (Å²) >= 11 is 0. The van der Waals surface area contributed by atoms with Gasteiger partial charge in [-0.2, -0.15) is 0 Å². The van der Waals surface area contributed by atoms with Crippen molar-refractivity contribution in [3.8, 4) is 11.3 Å². The zero-order chi connectivity index (χ0) is 15.1. The average Bonchev–Trinajstić information content (AvgIpc) is 2.69. The molecule has 1 aliphatic rings. The van der Waals surface area contributed by atoms with Crippen molar-refractivity contribution in [1.29, 1.82) is 0 Å². The van der Waals surface area contributed by atoms with Crippen molar-refractivity contribution in [3.05, 3.63) is 36.9 Å². The Morgan fingerprint density at radius 2 is 1.67 bits per heavy atom. The van der Waals surface area contributed by atoms with Gasteiger partial charge in [0.05, 0.1) is 28.7 Å². The highest BCUT2D eigenvalue weighted by Gasteiger charge is 2.52. The third-order valence-electron chi connectivity index (χ3n) is 4.12. The summed E-state index contributed by atoms with van der Waals surface area (Å²) in [5, 5.41) is 0. The van der Waals surface area contributed by atoms with E-state index in [1.54, 1.807) is 24.8 Å². The average molecular weight is 283 g/mol. The molecule has 108 valence electrons. The minimum Gasteiger partial charge on any atom is -0.398 e. The maximum Gasteiger partial charge on any atom is 0.516 e. The van der Waals surface area contributed by atoms with Crippen LogP contribution >= 0.6 is 0 Å². The lowest BCUT2D eigenvalue weighted by Crippen LogP contribution is -2.41.